The van der Waals surface area contributed by atoms with E-state index in [-0.39, 0.29) is 6.08 Å². The van der Waals surface area contributed by atoms with Crippen molar-refractivity contribution in [1.82, 2.24) is 10.1 Å². The highest BCUT2D eigenvalue weighted by Gasteiger charge is 2.01. The van der Waals surface area contributed by atoms with Crippen LogP contribution in [0.15, 0.2) is 4.52 Å². The molecule has 0 aliphatic carbocycles. The van der Waals surface area contributed by atoms with Crippen LogP contribution in [-0.4, -0.2) is 17.3 Å². The van der Waals surface area contributed by atoms with Crippen LogP contribution in [0.2, 0.25) is 0 Å². The van der Waals surface area contributed by atoms with Gasteiger partial charge in [-0.1, -0.05) is 5.16 Å². The van der Waals surface area contributed by atoms with Gasteiger partial charge in [0.1, 0.15) is 0 Å². The van der Waals surface area contributed by atoms with Crippen molar-refractivity contribution >= 4 is 12.6 Å². The summed E-state index contributed by atoms with van der Waals surface area (Å²) in [6.45, 7) is 0. The number of nitrogens with zero attached hydrogens (tertiary/aromatic N) is 2. The second-order valence-corrected chi connectivity index (χ2v) is 1.65. The molecule has 0 aromatic carbocycles. The predicted octanol–water partition coefficient (Wildman–Crippen LogP) is 0.508. The zero-order valence-electron chi connectivity index (χ0n) is 4.87. The Bertz CT molecular complexity index is 170. The van der Waals surface area contributed by atoms with E-state index in [1.807, 2.05) is 0 Å². The topological polar surface area (TPSA) is 48.2 Å². The Hall–Kier alpha value is -0.710. The van der Waals surface area contributed by atoms with E-state index < -0.39 is 0 Å². The molecule has 0 aliphatic rings. The molecule has 9 heavy (non-hydrogen) atoms. The minimum atomic E-state index is 0.180. The third-order valence-electron chi connectivity index (χ3n) is 0.765. The maximum Gasteiger partial charge on any atom is 0.417 e. The Balaban J connectivity index is 2.74. The van der Waals surface area contributed by atoms with Gasteiger partial charge < -0.3 is 4.74 Å². The molecule has 1 aromatic rings. The molecule has 0 atom stereocenters. The number of hydrogen-bond donors (Lipinski definition) is 1. The number of thiol groups is 1. The molecule has 0 saturated carbocycles. The van der Waals surface area contributed by atoms with Crippen molar-refractivity contribution in [3.8, 4) is 6.08 Å². The van der Waals surface area contributed by atoms with E-state index in [1.54, 1.807) is 0 Å². The molecule has 0 spiro atoms. The Morgan fingerprint density at radius 2 is 2.56 bits per heavy atom. The van der Waals surface area contributed by atoms with Gasteiger partial charge in [0.05, 0.1) is 12.9 Å². The number of rotatable bonds is 2. The monoisotopic (exact) mass is 146 g/mol. The summed E-state index contributed by atoms with van der Waals surface area (Å²) < 4.78 is 9.19. The van der Waals surface area contributed by atoms with Crippen molar-refractivity contribution in [1.29, 1.82) is 0 Å². The van der Waals surface area contributed by atoms with Crippen LogP contribution in [0.4, 0.5) is 0 Å². The molecule has 0 N–H and O–H groups in total. The summed E-state index contributed by atoms with van der Waals surface area (Å²) in [4.78, 5) is 3.77. The van der Waals surface area contributed by atoms with Gasteiger partial charge in [0.15, 0.2) is 5.82 Å². The molecule has 0 saturated heterocycles. The second kappa shape index (κ2) is 2.72. The fourth-order valence-electron chi connectivity index (χ4n) is 0.385. The molecule has 50 valence electrons. The van der Waals surface area contributed by atoms with Gasteiger partial charge in [0.25, 0.3) is 0 Å². The first-order valence-corrected chi connectivity index (χ1v) is 2.97. The van der Waals surface area contributed by atoms with Crippen LogP contribution in [-0.2, 0) is 5.75 Å². The summed E-state index contributed by atoms with van der Waals surface area (Å²) in [6.07, 6.45) is 0.180. The van der Waals surface area contributed by atoms with E-state index in [2.05, 4.69) is 32.0 Å². The number of methoxy groups -OCH3 is 1. The molecule has 0 radical (unpaired) electrons. The maximum atomic E-state index is 4.62. The van der Waals surface area contributed by atoms with Crippen LogP contribution in [0.1, 0.15) is 5.82 Å². The Morgan fingerprint density at radius 1 is 1.78 bits per heavy atom. The van der Waals surface area contributed by atoms with E-state index in [0.717, 1.165) is 0 Å². The van der Waals surface area contributed by atoms with Gasteiger partial charge in [-0.05, 0) is 0 Å². The average molecular weight is 146 g/mol. The smallest absolute Gasteiger partial charge is 0.417 e. The fourth-order valence-corrected chi connectivity index (χ4v) is 0.514. The van der Waals surface area contributed by atoms with Crippen LogP contribution >= 0.6 is 12.6 Å². The first-order valence-electron chi connectivity index (χ1n) is 2.34. The number of ether oxygens (including phenoxy) is 1. The average Bonchev–Trinajstić information content (AvgIpc) is 2.34. The Labute approximate surface area is 57.6 Å². The van der Waals surface area contributed by atoms with Gasteiger partial charge in [0, 0.05) is 0 Å². The lowest BCUT2D eigenvalue weighted by atomic mass is 10.7. The highest BCUT2D eigenvalue weighted by atomic mass is 32.1. The highest BCUT2D eigenvalue weighted by molar-refractivity contribution is 7.79. The molecule has 5 heteroatoms. The third-order valence-corrected chi connectivity index (χ3v) is 1.05. The molecule has 1 aromatic heterocycles. The SMILES string of the molecule is COc1nc(CS)no1. The van der Waals surface area contributed by atoms with Crippen LogP contribution in [0.5, 0.6) is 6.08 Å². The maximum absolute atomic E-state index is 4.62. The molecule has 0 unspecified atom stereocenters. The molecule has 1 rings (SSSR count). The molecule has 0 aliphatic heterocycles. The summed E-state index contributed by atoms with van der Waals surface area (Å²) >= 11 is 3.92. The predicted molar refractivity (Wildman–Crippen MR) is 33.5 cm³/mol. The number of aromatic nitrogens is 2. The fraction of sp³-hybridized carbons (Fsp3) is 0.500. The van der Waals surface area contributed by atoms with Crippen molar-refractivity contribution in [2.45, 2.75) is 5.75 Å². The summed E-state index contributed by atoms with van der Waals surface area (Å²) in [5.74, 6) is 1.00. The molecule has 4 nitrogen and oxygen atoms in total. The van der Waals surface area contributed by atoms with Crippen molar-refractivity contribution in [2.75, 3.05) is 7.11 Å². The van der Waals surface area contributed by atoms with E-state index in [9.17, 15) is 0 Å². The molecule has 0 bridgehead atoms. The van der Waals surface area contributed by atoms with Gasteiger partial charge in [0.2, 0.25) is 0 Å². The standard InChI is InChI=1S/C4H6N2O2S/c1-7-4-5-3(2-9)6-8-4/h9H,2H2,1H3. The van der Waals surface area contributed by atoms with Gasteiger partial charge in [-0.15, -0.1) is 0 Å². The normalized spacial score (nSPS) is 9.56. The van der Waals surface area contributed by atoms with E-state index in [4.69, 9.17) is 0 Å². The summed E-state index contributed by atoms with van der Waals surface area (Å²) in [5, 5.41) is 3.52. The largest absolute Gasteiger partial charge is 0.452 e. The van der Waals surface area contributed by atoms with Crippen molar-refractivity contribution < 1.29 is 9.26 Å². The number of hydrogen-bond acceptors (Lipinski definition) is 5. The van der Waals surface area contributed by atoms with E-state index >= 15 is 0 Å². The molecule has 1 heterocycles. The molecule has 0 fully saturated rings. The first-order chi connectivity index (χ1) is 4.36. The van der Waals surface area contributed by atoms with Crippen LogP contribution in [0.3, 0.4) is 0 Å². The van der Waals surface area contributed by atoms with Gasteiger partial charge in [-0.25, -0.2) is 0 Å². The van der Waals surface area contributed by atoms with Crippen LogP contribution < -0.4 is 4.74 Å². The summed E-state index contributed by atoms with van der Waals surface area (Å²) in [7, 11) is 1.47. The van der Waals surface area contributed by atoms with Crippen molar-refractivity contribution in [2.24, 2.45) is 0 Å². The first kappa shape index (κ1) is 6.41. The lowest BCUT2D eigenvalue weighted by Crippen LogP contribution is -1.82. The van der Waals surface area contributed by atoms with Gasteiger partial charge >= 0.3 is 6.08 Å². The quantitative estimate of drug-likeness (QED) is 0.617. The molecular formula is C4H6N2O2S. The van der Waals surface area contributed by atoms with Gasteiger partial charge in [-0.3, -0.25) is 4.52 Å². The zero-order valence-corrected chi connectivity index (χ0v) is 5.76. The van der Waals surface area contributed by atoms with Crippen molar-refractivity contribution in [3.63, 3.8) is 0 Å². The van der Waals surface area contributed by atoms with Crippen LogP contribution in [0, 0.1) is 0 Å². The van der Waals surface area contributed by atoms with Crippen LogP contribution in [0.25, 0.3) is 0 Å². The lowest BCUT2D eigenvalue weighted by molar-refractivity contribution is 0.250. The van der Waals surface area contributed by atoms with Gasteiger partial charge in [-0.2, -0.15) is 17.6 Å². The van der Waals surface area contributed by atoms with Crippen molar-refractivity contribution in [3.05, 3.63) is 5.82 Å². The molecule has 0 amide bonds. The van der Waals surface area contributed by atoms with E-state index in [1.165, 1.54) is 7.11 Å². The summed E-state index contributed by atoms with van der Waals surface area (Å²) in [6, 6.07) is 0. The lowest BCUT2D eigenvalue weighted by Gasteiger charge is -1.82. The molecular weight excluding hydrogens is 140 g/mol. The Kier molecular flexibility index (Phi) is 1.94. The third kappa shape index (κ3) is 1.35. The minimum Gasteiger partial charge on any atom is -0.452 e. The van der Waals surface area contributed by atoms with E-state index in [0.29, 0.717) is 11.6 Å². The highest BCUT2D eigenvalue weighted by Crippen LogP contribution is 2.05. The summed E-state index contributed by atoms with van der Waals surface area (Å²) in [5.41, 5.74) is 0. The zero-order chi connectivity index (χ0) is 6.69. The minimum absolute atomic E-state index is 0.180. The second-order valence-electron chi connectivity index (χ2n) is 1.34. The Morgan fingerprint density at radius 3 is 2.89 bits per heavy atom.